The minimum atomic E-state index is -0.179. The van der Waals surface area contributed by atoms with Crippen LogP contribution in [0.2, 0.25) is 0 Å². The van der Waals surface area contributed by atoms with Crippen LogP contribution in [0.4, 0.5) is 0 Å². The second-order valence-electron chi connectivity index (χ2n) is 5.06. The summed E-state index contributed by atoms with van der Waals surface area (Å²) in [6.07, 6.45) is 2.39. The number of rotatable bonds is 5. The Bertz CT molecular complexity index is 366. The summed E-state index contributed by atoms with van der Waals surface area (Å²) in [6, 6.07) is 0. The molecule has 6 nitrogen and oxygen atoms in total. The van der Waals surface area contributed by atoms with Crippen molar-refractivity contribution in [2.45, 2.75) is 32.7 Å². The highest BCUT2D eigenvalue weighted by molar-refractivity contribution is 5.78. The molecule has 2 N–H and O–H groups in total. The van der Waals surface area contributed by atoms with Gasteiger partial charge in [0.1, 0.15) is 6.33 Å². The first-order valence-electron chi connectivity index (χ1n) is 5.73. The van der Waals surface area contributed by atoms with Crippen molar-refractivity contribution in [1.82, 2.24) is 25.4 Å². The van der Waals surface area contributed by atoms with Crippen LogP contribution >= 0.6 is 0 Å². The van der Waals surface area contributed by atoms with Crippen LogP contribution in [0.5, 0.6) is 0 Å². The van der Waals surface area contributed by atoms with Gasteiger partial charge in [-0.15, -0.1) is 0 Å². The Labute approximate surface area is 102 Å². The first-order valence-corrected chi connectivity index (χ1v) is 5.73. The fraction of sp³-hybridized carbons (Fsp3) is 0.727. The zero-order valence-corrected chi connectivity index (χ0v) is 10.9. The number of carbonyl (C=O) groups excluding carboxylic acids is 1. The van der Waals surface area contributed by atoms with Crippen LogP contribution < -0.4 is 10.6 Å². The average molecular weight is 239 g/mol. The van der Waals surface area contributed by atoms with Gasteiger partial charge in [0, 0.05) is 25.6 Å². The van der Waals surface area contributed by atoms with Crippen LogP contribution in [-0.4, -0.2) is 39.3 Å². The SMILES string of the molecule is Cn1cnc(CCNCC(=O)NC(C)(C)C)n1. The quantitative estimate of drug-likeness (QED) is 0.702. The largest absolute Gasteiger partial charge is 0.350 e. The molecule has 0 saturated carbocycles. The number of hydrogen-bond acceptors (Lipinski definition) is 4. The van der Waals surface area contributed by atoms with E-state index in [4.69, 9.17) is 0 Å². The number of hydrogen-bond donors (Lipinski definition) is 2. The van der Waals surface area contributed by atoms with E-state index < -0.39 is 0 Å². The minimum Gasteiger partial charge on any atom is -0.350 e. The number of amides is 1. The molecule has 0 unspecified atom stereocenters. The topological polar surface area (TPSA) is 71.8 Å². The number of aromatic nitrogens is 3. The van der Waals surface area contributed by atoms with Gasteiger partial charge in [-0.1, -0.05) is 0 Å². The predicted molar refractivity (Wildman–Crippen MR) is 65.5 cm³/mol. The second-order valence-corrected chi connectivity index (χ2v) is 5.06. The summed E-state index contributed by atoms with van der Waals surface area (Å²) in [4.78, 5) is 15.6. The van der Waals surface area contributed by atoms with Crippen LogP contribution in [0.15, 0.2) is 6.33 Å². The maximum atomic E-state index is 11.5. The lowest BCUT2D eigenvalue weighted by atomic mass is 10.1. The first kappa shape index (κ1) is 13.6. The van der Waals surface area contributed by atoms with Crippen molar-refractivity contribution >= 4 is 5.91 Å². The van der Waals surface area contributed by atoms with Gasteiger partial charge in [-0.25, -0.2) is 4.98 Å². The second kappa shape index (κ2) is 5.77. The Morgan fingerprint density at radius 1 is 1.47 bits per heavy atom. The molecule has 0 spiro atoms. The third-order valence-corrected chi connectivity index (χ3v) is 1.97. The van der Waals surface area contributed by atoms with Gasteiger partial charge in [-0.05, 0) is 20.8 Å². The van der Waals surface area contributed by atoms with Crippen molar-refractivity contribution in [1.29, 1.82) is 0 Å². The van der Waals surface area contributed by atoms with Gasteiger partial charge in [-0.2, -0.15) is 5.10 Å². The van der Waals surface area contributed by atoms with Gasteiger partial charge in [0.15, 0.2) is 5.82 Å². The fourth-order valence-electron chi connectivity index (χ4n) is 1.36. The van der Waals surface area contributed by atoms with Crippen LogP contribution in [0.25, 0.3) is 0 Å². The molecule has 0 aliphatic heterocycles. The molecule has 1 aromatic heterocycles. The molecule has 0 saturated heterocycles. The zero-order valence-electron chi connectivity index (χ0n) is 10.9. The molecule has 6 heteroatoms. The fourth-order valence-corrected chi connectivity index (χ4v) is 1.36. The maximum absolute atomic E-state index is 11.5. The standard InChI is InChI=1S/C11H21N5O/c1-11(2,3)14-10(17)7-12-6-5-9-13-8-16(4)15-9/h8,12H,5-7H2,1-4H3,(H,14,17). The van der Waals surface area contributed by atoms with Gasteiger partial charge in [0.05, 0.1) is 6.54 Å². The number of aryl methyl sites for hydroxylation is 1. The van der Waals surface area contributed by atoms with Crippen LogP contribution in [-0.2, 0) is 18.3 Å². The molecule has 17 heavy (non-hydrogen) atoms. The molecule has 1 aromatic rings. The average Bonchev–Trinajstić information content (AvgIpc) is 2.56. The highest BCUT2D eigenvalue weighted by Crippen LogP contribution is 1.97. The van der Waals surface area contributed by atoms with E-state index in [0.29, 0.717) is 13.1 Å². The van der Waals surface area contributed by atoms with E-state index in [0.717, 1.165) is 12.2 Å². The van der Waals surface area contributed by atoms with Crippen LogP contribution in [0, 0.1) is 0 Å². The molecule has 0 fully saturated rings. The van der Waals surface area contributed by atoms with Crippen molar-refractivity contribution in [3.63, 3.8) is 0 Å². The van der Waals surface area contributed by atoms with E-state index in [1.54, 1.807) is 11.0 Å². The molecule has 1 amide bonds. The molecular weight excluding hydrogens is 218 g/mol. The van der Waals surface area contributed by atoms with E-state index in [1.807, 2.05) is 27.8 Å². The van der Waals surface area contributed by atoms with Crippen LogP contribution in [0.1, 0.15) is 26.6 Å². The smallest absolute Gasteiger partial charge is 0.234 e. The van der Waals surface area contributed by atoms with E-state index in [-0.39, 0.29) is 11.4 Å². The third kappa shape index (κ3) is 6.01. The van der Waals surface area contributed by atoms with E-state index in [2.05, 4.69) is 20.7 Å². The lowest BCUT2D eigenvalue weighted by Gasteiger charge is -2.20. The Balaban J connectivity index is 2.14. The summed E-state index contributed by atoms with van der Waals surface area (Å²) in [5.41, 5.74) is -0.179. The molecule has 0 radical (unpaired) electrons. The summed E-state index contributed by atoms with van der Waals surface area (Å²) >= 11 is 0. The number of carbonyl (C=O) groups is 1. The van der Waals surface area contributed by atoms with Crippen molar-refractivity contribution in [2.75, 3.05) is 13.1 Å². The Morgan fingerprint density at radius 2 is 2.18 bits per heavy atom. The molecule has 0 aromatic carbocycles. The van der Waals surface area contributed by atoms with E-state index in [1.165, 1.54) is 0 Å². The Morgan fingerprint density at radius 3 is 2.71 bits per heavy atom. The van der Waals surface area contributed by atoms with E-state index in [9.17, 15) is 4.79 Å². The molecule has 0 bridgehead atoms. The molecule has 0 aliphatic rings. The number of nitrogens with zero attached hydrogens (tertiary/aromatic N) is 3. The van der Waals surface area contributed by atoms with Gasteiger partial charge in [0.25, 0.3) is 0 Å². The monoisotopic (exact) mass is 239 g/mol. The van der Waals surface area contributed by atoms with Gasteiger partial charge < -0.3 is 10.6 Å². The summed E-state index contributed by atoms with van der Waals surface area (Å²) < 4.78 is 1.67. The zero-order chi connectivity index (χ0) is 12.9. The summed E-state index contributed by atoms with van der Waals surface area (Å²) in [6.45, 7) is 6.90. The minimum absolute atomic E-state index is 0.00600. The van der Waals surface area contributed by atoms with E-state index >= 15 is 0 Å². The summed E-state index contributed by atoms with van der Waals surface area (Å²) in [5, 5.41) is 10.1. The molecule has 1 heterocycles. The maximum Gasteiger partial charge on any atom is 0.234 e. The number of nitrogens with one attached hydrogen (secondary N) is 2. The van der Waals surface area contributed by atoms with Crippen molar-refractivity contribution < 1.29 is 4.79 Å². The molecule has 96 valence electrons. The van der Waals surface area contributed by atoms with Crippen molar-refractivity contribution in [3.05, 3.63) is 12.2 Å². The summed E-state index contributed by atoms with van der Waals surface area (Å²) in [5.74, 6) is 0.794. The normalized spacial score (nSPS) is 11.5. The molecule has 0 atom stereocenters. The predicted octanol–water partition coefficient (Wildman–Crippen LogP) is -0.138. The Hall–Kier alpha value is -1.43. The first-order chi connectivity index (χ1) is 7.87. The highest BCUT2D eigenvalue weighted by atomic mass is 16.2. The molecule has 0 aliphatic carbocycles. The summed E-state index contributed by atoms with van der Waals surface area (Å²) in [7, 11) is 1.83. The van der Waals surface area contributed by atoms with Crippen molar-refractivity contribution in [2.24, 2.45) is 7.05 Å². The van der Waals surface area contributed by atoms with Crippen LogP contribution in [0.3, 0.4) is 0 Å². The van der Waals surface area contributed by atoms with Gasteiger partial charge in [0.2, 0.25) is 5.91 Å². The lowest BCUT2D eigenvalue weighted by Crippen LogP contribution is -2.45. The Kier molecular flexibility index (Phi) is 4.62. The molecule has 1 rings (SSSR count). The third-order valence-electron chi connectivity index (χ3n) is 1.97. The van der Waals surface area contributed by atoms with Crippen molar-refractivity contribution in [3.8, 4) is 0 Å². The van der Waals surface area contributed by atoms with Gasteiger partial charge in [-0.3, -0.25) is 9.48 Å². The molecular formula is C11H21N5O. The highest BCUT2D eigenvalue weighted by Gasteiger charge is 2.12. The lowest BCUT2D eigenvalue weighted by molar-refractivity contribution is -0.121. The van der Waals surface area contributed by atoms with Gasteiger partial charge >= 0.3 is 0 Å².